The van der Waals surface area contributed by atoms with E-state index < -0.39 is 5.25 Å². The lowest BCUT2D eigenvalue weighted by Crippen LogP contribution is -2.28. The Hall–Kier alpha value is -2.80. The highest BCUT2D eigenvalue weighted by Crippen LogP contribution is 2.27. The lowest BCUT2D eigenvalue weighted by molar-refractivity contribution is -0.122. The average Bonchev–Trinajstić information content (AvgIpc) is 3.01. The Morgan fingerprint density at radius 2 is 1.93 bits per heavy atom. The highest BCUT2D eigenvalue weighted by atomic mass is 32.2. The number of anilines is 1. The number of para-hydroxylation sites is 2. The number of carbonyl (C=O) groups is 2. The molecule has 2 aromatic carbocycles. The molecule has 0 aromatic heterocycles. The Bertz CT molecular complexity index is 855. The summed E-state index contributed by atoms with van der Waals surface area (Å²) < 4.78 is 5.22. The van der Waals surface area contributed by atoms with Crippen LogP contribution in [0.2, 0.25) is 0 Å². The predicted octanol–water partition coefficient (Wildman–Crippen LogP) is 3.37. The van der Waals surface area contributed by atoms with Gasteiger partial charge in [0.05, 0.1) is 18.8 Å². The van der Waals surface area contributed by atoms with E-state index in [-0.39, 0.29) is 24.3 Å². The van der Waals surface area contributed by atoms with E-state index in [1.54, 1.807) is 19.2 Å². The highest BCUT2D eigenvalue weighted by Gasteiger charge is 2.32. The van der Waals surface area contributed by atoms with Crippen LogP contribution in [-0.4, -0.2) is 29.3 Å². The Morgan fingerprint density at radius 3 is 2.67 bits per heavy atom. The molecule has 0 radical (unpaired) electrons. The van der Waals surface area contributed by atoms with Gasteiger partial charge in [-0.15, -0.1) is 0 Å². The first-order chi connectivity index (χ1) is 13.1. The summed E-state index contributed by atoms with van der Waals surface area (Å²) >= 11 is 1.29. The molecule has 2 aromatic rings. The highest BCUT2D eigenvalue weighted by molar-refractivity contribution is 8.15. The largest absolute Gasteiger partial charge is 0.495 e. The van der Waals surface area contributed by atoms with Gasteiger partial charge in [-0.3, -0.25) is 14.6 Å². The zero-order valence-corrected chi connectivity index (χ0v) is 16.0. The van der Waals surface area contributed by atoms with Crippen molar-refractivity contribution in [3.05, 3.63) is 60.2 Å². The topological polar surface area (TPSA) is 79.8 Å². The maximum absolute atomic E-state index is 12.3. The zero-order valence-electron chi connectivity index (χ0n) is 15.1. The van der Waals surface area contributed by atoms with Crippen molar-refractivity contribution in [2.75, 3.05) is 12.4 Å². The minimum atomic E-state index is -0.499. The molecule has 0 spiro atoms. The van der Waals surface area contributed by atoms with E-state index in [9.17, 15) is 9.59 Å². The van der Waals surface area contributed by atoms with E-state index in [1.807, 2.05) is 49.4 Å². The van der Waals surface area contributed by atoms with Gasteiger partial charge in [0.15, 0.2) is 5.17 Å². The number of benzene rings is 2. The summed E-state index contributed by atoms with van der Waals surface area (Å²) in [5, 5.41) is 5.61. The third-order valence-electron chi connectivity index (χ3n) is 4.12. The number of nitrogens with one attached hydrogen (secondary N) is 2. The van der Waals surface area contributed by atoms with Crippen LogP contribution in [0.5, 0.6) is 5.75 Å². The van der Waals surface area contributed by atoms with Gasteiger partial charge >= 0.3 is 0 Å². The number of thioether (sulfide) groups is 1. The summed E-state index contributed by atoms with van der Waals surface area (Å²) in [6.07, 6.45) is 0.0628. The van der Waals surface area contributed by atoms with E-state index in [1.165, 1.54) is 11.8 Å². The second-order valence-corrected chi connectivity index (χ2v) is 7.26. The van der Waals surface area contributed by atoms with E-state index in [0.29, 0.717) is 16.6 Å². The van der Waals surface area contributed by atoms with Crippen molar-refractivity contribution in [3.8, 4) is 5.75 Å². The van der Waals surface area contributed by atoms with E-state index in [2.05, 4.69) is 15.6 Å². The monoisotopic (exact) mass is 383 g/mol. The number of carbonyl (C=O) groups excluding carboxylic acids is 2. The fourth-order valence-electron chi connectivity index (χ4n) is 2.70. The second-order valence-electron chi connectivity index (χ2n) is 6.07. The van der Waals surface area contributed by atoms with Crippen LogP contribution in [0.3, 0.4) is 0 Å². The maximum Gasteiger partial charge on any atom is 0.240 e. The Morgan fingerprint density at radius 1 is 1.22 bits per heavy atom. The van der Waals surface area contributed by atoms with Crippen LogP contribution in [0.4, 0.5) is 5.69 Å². The first kappa shape index (κ1) is 19.0. The molecule has 140 valence electrons. The predicted molar refractivity (Wildman–Crippen MR) is 108 cm³/mol. The SMILES string of the molecule is COc1ccccc1NC(=O)C[C@H]1SC(=N[C@@H](C)c2ccccc2)NC1=O. The lowest BCUT2D eigenvalue weighted by atomic mass is 10.1. The molecule has 27 heavy (non-hydrogen) atoms. The number of rotatable bonds is 6. The standard InChI is InChI=1S/C20H21N3O3S/c1-13(14-8-4-3-5-9-14)21-20-23-19(25)17(27-20)12-18(24)22-15-10-6-7-11-16(15)26-2/h3-11,13,17H,12H2,1-2H3,(H,22,24)(H,21,23,25)/t13-,17+/m0/s1. The Labute approximate surface area is 162 Å². The van der Waals surface area contributed by atoms with Crippen LogP contribution in [-0.2, 0) is 9.59 Å². The van der Waals surface area contributed by atoms with Crippen LogP contribution >= 0.6 is 11.8 Å². The van der Waals surface area contributed by atoms with Crippen LogP contribution in [0.25, 0.3) is 0 Å². The van der Waals surface area contributed by atoms with Crippen molar-refractivity contribution in [2.45, 2.75) is 24.6 Å². The van der Waals surface area contributed by atoms with Crippen molar-refractivity contribution in [1.29, 1.82) is 0 Å². The molecule has 1 saturated heterocycles. The molecular formula is C20H21N3O3S. The van der Waals surface area contributed by atoms with Crippen molar-refractivity contribution in [1.82, 2.24) is 5.32 Å². The first-order valence-electron chi connectivity index (χ1n) is 8.60. The molecule has 0 bridgehead atoms. The number of nitrogens with zero attached hydrogens (tertiary/aromatic N) is 1. The fourth-order valence-corrected chi connectivity index (χ4v) is 3.75. The normalized spacial score (nSPS) is 18.8. The summed E-state index contributed by atoms with van der Waals surface area (Å²) in [6, 6.07) is 16.9. The van der Waals surface area contributed by atoms with Crippen LogP contribution < -0.4 is 15.4 Å². The van der Waals surface area contributed by atoms with Crippen molar-refractivity contribution >= 4 is 34.4 Å². The molecule has 0 saturated carbocycles. The quantitative estimate of drug-likeness (QED) is 0.801. The average molecular weight is 383 g/mol. The third kappa shape index (κ3) is 4.89. The molecular weight excluding hydrogens is 362 g/mol. The van der Waals surface area contributed by atoms with E-state index >= 15 is 0 Å². The minimum absolute atomic E-state index is 0.0628. The van der Waals surface area contributed by atoms with Crippen molar-refractivity contribution < 1.29 is 14.3 Å². The van der Waals surface area contributed by atoms with Crippen LogP contribution in [0, 0.1) is 0 Å². The minimum Gasteiger partial charge on any atom is -0.495 e. The fraction of sp³-hybridized carbons (Fsp3) is 0.250. The van der Waals surface area contributed by atoms with Gasteiger partial charge in [-0.2, -0.15) is 0 Å². The lowest BCUT2D eigenvalue weighted by Gasteiger charge is -2.11. The first-order valence-corrected chi connectivity index (χ1v) is 9.48. The summed E-state index contributed by atoms with van der Waals surface area (Å²) in [5.74, 6) is 0.131. The molecule has 6 nitrogen and oxygen atoms in total. The number of ether oxygens (including phenoxy) is 1. The third-order valence-corrected chi connectivity index (χ3v) is 5.22. The molecule has 7 heteroatoms. The number of aliphatic imine (C=N–C) groups is 1. The van der Waals surface area contributed by atoms with Gasteiger partial charge < -0.3 is 15.4 Å². The molecule has 0 aliphatic carbocycles. The van der Waals surface area contributed by atoms with Gasteiger partial charge in [0.25, 0.3) is 0 Å². The summed E-state index contributed by atoms with van der Waals surface area (Å²) in [5.41, 5.74) is 1.65. The van der Waals surface area contributed by atoms with Gasteiger partial charge in [-0.25, -0.2) is 0 Å². The van der Waals surface area contributed by atoms with Gasteiger partial charge in [0.1, 0.15) is 11.0 Å². The second kappa shape index (κ2) is 8.73. The molecule has 2 N–H and O–H groups in total. The van der Waals surface area contributed by atoms with Gasteiger partial charge in [-0.1, -0.05) is 54.2 Å². The maximum atomic E-state index is 12.3. The number of hydrogen-bond donors (Lipinski definition) is 2. The number of methoxy groups -OCH3 is 1. The summed E-state index contributed by atoms with van der Waals surface area (Å²) in [4.78, 5) is 29.1. The Balaban J connectivity index is 1.60. The van der Waals surface area contributed by atoms with Gasteiger partial charge in [-0.05, 0) is 24.6 Å². The zero-order chi connectivity index (χ0) is 19.2. The molecule has 1 heterocycles. The summed E-state index contributed by atoms with van der Waals surface area (Å²) in [6.45, 7) is 1.97. The molecule has 0 unspecified atom stereocenters. The van der Waals surface area contributed by atoms with Crippen molar-refractivity contribution in [2.24, 2.45) is 4.99 Å². The van der Waals surface area contributed by atoms with E-state index in [4.69, 9.17) is 4.74 Å². The molecule has 3 rings (SSSR count). The van der Waals surface area contributed by atoms with Crippen LogP contribution in [0.15, 0.2) is 59.6 Å². The number of amides is 2. The van der Waals surface area contributed by atoms with E-state index in [0.717, 1.165) is 5.56 Å². The molecule has 1 aliphatic heterocycles. The van der Waals surface area contributed by atoms with Gasteiger partial charge in [0, 0.05) is 6.42 Å². The van der Waals surface area contributed by atoms with Crippen LogP contribution in [0.1, 0.15) is 24.9 Å². The molecule has 1 aliphatic rings. The number of hydrogen-bond acceptors (Lipinski definition) is 5. The van der Waals surface area contributed by atoms with Gasteiger partial charge in [0.2, 0.25) is 11.8 Å². The molecule has 1 fully saturated rings. The number of amidine groups is 1. The molecule has 2 atom stereocenters. The smallest absolute Gasteiger partial charge is 0.240 e. The van der Waals surface area contributed by atoms with Crippen molar-refractivity contribution in [3.63, 3.8) is 0 Å². The molecule has 2 amide bonds. The summed E-state index contributed by atoms with van der Waals surface area (Å²) in [7, 11) is 1.54. The Kier molecular flexibility index (Phi) is 6.13.